The van der Waals surface area contributed by atoms with E-state index < -0.39 is 12.0 Å². The maximum absolute atomic E-state index is 11.2. The topological polar surface area (TPSA) is 61.4 Å². The molecule has 4 rings (SSSR count). The fraction of sp³-hybridized carbons (Fsp3) is 0.938. The lowest BCUT2D eigenvalue weighted by Gasteiger charge is -2.52. The van der Waals surface area contributed by atoms with Crippen LogP contribution < -0.4 is 10.6 Å². The van der Waals surface area contributed by atoms with Crippen LogP contribution in [0, 0.1) is 23.7 Å². The lowest BCUT2D eigenvalue weighted by Crippen LogP contribution is -2.68. The van der Waals surface area contributed by atoms with Crippen LogP contribution in [0.2, 0.25) is 0 Å². The van der Waals surface area contributed by atoms with Gasteiger partial charge in [-0.05, 0) is 55.8 Å². The van der Waals surface area contributed by atoms with Gasteiger partial charge in [0.1, 0.15) is 6.04 Å². The number of carbonyl (C=O) groups is 1. The van der Waals surface area contributed by atoms with Crippen LogP contribution in [0.1, 0.15) is 44.9 Å². The molecular weight excluding hydrogens is 252 g/mol. The minimum absolute atomic E-state index is 0.379. The zero-order chi connectivity index (χ0) is 13.7. The summed E-state index contributed by atoms with van der Waals surface area (Å²) >= 11 is 0. The molecule has 4 nitrogen and oxygen atoms in total. The van der Waals surface area contributed by atoms with Crippen LogP contribution in [0.5, 0.6) is 0 Å². The van der Waals surface area contributed by atoms with Crippen LogP contribution in [-0.2, 0) is 4.79 Å². The zero-order valence-corrected chi connectivity index (χ0v) is 12.1. The Balaban J connectivity index is 1.49. The van der Waals surface area contributed by atoms with E-state index >= 15 is 0 Å². The highest BCUT2D eigenvalue weighted by Gasteiger charge is 2.49. The van der Waals surface area contributed by atoms with Crippen molar-refractivity contribution < 1.29 is 9.90 Å². The van der Waals surface area contributed by atoms with Crippen molar-refractivity contribution in [1.82, 2.24) is 10.6 Å². The molecule has 1 aliphatic heterocycles. The van der Waals surface area contributed by atoms with Crippen molar-refractivity contribution in [2.24, 2.45) is 23.7 Å². The summed E-state index contributed by atoms with van der Waals surface area (Å²) in [6.07, 6.45) is 9.61. The number of carboxylic acids is 1. The lowest BCUT2D eigenvalue weighted by molar-refractivity contribution is -0.140. The Kier molecular flexibility index (Phi) is 3.26. The quantitative estimate of drug-likeness (QED) is 0.682. The highest BCUT2D eigenvalue weighted by molar-refractivity contribution is 5.74. The number of aliphatic carboxylic acids is 1. The average Bonchev–Trinajstić information content (AvgIpc) is 2.94. The Morgan fingerprint density at radius 2 is 1.80 bits per heavy atom. The van der Waals surface area contributed by atoms with Crippen molar-refractivity contribution in [1.29, 1.82) is 0 Å². The molecule has 0 amide bonds. The SMILES string of the molecule is O=C(O)C1CNC2C(CCC3C4CCCC4CCC32)N1. The number of hydrogen-bond donors (Lipinski definition) is 3. The maximum atomic E-state index is 11.2. The molecule has 0 radical (unpaired) electrons. The van der Waals surface area contributed by atoms with E-state index in [9.17, 15) is 9.90 Å². The first-order valence-electron chi connectivity index (χ1n) is 8.46. The summed E-state index contributed by atoms with van der Waals surface area (Å²) < 4.78 is 0. The molecule has 3 aliphatic carbocycles. The van der Waals surface area contributed by atoms with Gasteiger partial charge in [-0.1, -0.05) is 12.8 Å². The number of rotatable bonds is 1. The van der Waals surface area contributed by atoms with Gasteiger partial charge in [0.05, 0.1) is 0 Å². The second-order valence-corrected chi connectivity index (χ2v) is 7.44. The molecule has 7 atom stereocenters. The third-order valence-corrected chi connectivity index (χ3v) is 6.67. The lowest BCUT2D eigenvalue weighted by atomic mass is 9.59. The van der Waals surface area contributed by atoms with E-state index in [1.165, 1.54) is 38.5 Å². The van der Waals surface area contributed by atoms with E-state index in [1.807, 2.05) is 0 Å². The normalized spacial score (nSPS) is 50.9. The minimum Gasteiger partial charge on any atom is -0.480 e. The molecule has 4 fully saturated rings. The van der Waals surface area contributed by atoms with Gasteiger partial charge in [-0.3, -0.25) is 10.1 Å². The third kappa shape index (κ3) is 2.00. The first-order valence-corrected chi connectivity index (χ1v) is 8.46. The second-order valence-electron chi connectivity index (χ2n) is 7.44. The van der Waals surface area contributed by atoms with Crippen LogP contribution >= 0.6 is 0 Å². The predicted molar refractivity (Wildman–Crippen MR) is 76.4 cm³/mol. The fourth-order valence-electron chi connectivity index (χ4n) is 5.86. The molecule has 1 saturated heterocycles. The van der Waals surface area contributed by atoms with E-state index in [0.29, 0.717) is 18.6 Å². The molecule has 0 bridgehead atoms. The summed E-state index contributed by atoms with van der Waals surface area (Å²) in [4.78, 5) is 11.2. The average molecular weight is 278 g/mol. The summed E-state index contributed by atoms with van der Waals surface area (Å²) in [6, 6.07) is 0.505. The molecule has 3 N–H and O–H groups in total. The van der Waals surface area contributed by atoms with Crippen LogP contribution in [-0.4, -0.2) is 35.7 Å². The molecule has 3 saturated carbocycles. The number of fused-ring (bicyclic) bond motifs is 5. The summed E-state index contributed by atoms with van der Waals surface area (Å²) in [7, 11) is 0. The zero-order valence-electron chi connectivity index (χ0n) is 12.1. The second kappa shape index (κ2) is 4.99. The highest BCUT2D eigenvalue weighted by Crippen LogP contribution is 2.52. The van der Waals surface area contributed by atoms with Crippen molar-refractivity contribution in [2.75, 3.05) is 6.54 Å². The smallest absolute Gasteiger partial charge is 0.322 e. The van der Waals surface area contributed by atoms with Crippen molar-refractivity contribution >= 4 is 5.97 Å². The Bertz CT molecular complexity index is 400. The monoisotopic (exact) mass is 278 g/mol. The van der Waals surface area contributed by atoms with Gasteiger partial charge in [-0.25, -0.2) is 0 Å². The summed E-state index contributed by atoms with van der Waals surface area (Å²) in [5.41, 5.74) is 0. The standard InChI is InChI=1S/C16H26N2O2/c19-16(20)14-8-17-15-12-5-4-9-2-1-3-10(9)11(12)6-7-13(15)18-14/h9-15,17-18H,1-8H2,(H,19,20). The third-order valence-electron chi connectivity index (χ3n) is 6.67. The molecule has 0 aromatic heterocycles. The maximum Gasteiger partial charge on any atom is 0.322 e. The Morgan fingerprint density at radius 1 is 0.950 bits per heavy atom. The fourth-order valence-corrected chi connectivity index (χ4v) is 5.86. The van der Waals surface area contributed by atoms with Crippen molar-refractivity contribution in [3.8, 4) is 0 Å². The van der Waals surface area contributed by atoms with E-state index in [4.69, 9.17) is 0 Å². The molecule has 20 heavy (non-hydrogen) atoms. The van der Waals surface area contributed by atoms with Crippen LogP contribution in [0.15, 0.2) is 0 Å². The first kappa shape index (κ1) is 13.1. The molecule has 0 aromatic rings. The molecular formula is C16H26N2O2. The molecule has 1 heterocycles. The van der Waals surface area contributed by atoms with E-state index in [2.05, 4.69) is 10.6 Å². The Hall–Kier alpha value is -0.610. The van der Waals surface area contributed by atoms with Gasteiger partial charge in [0.25, 0.3) is 0 Å². The summed E-state index contributed by atoms with van der Waals surface area (Å²) in [5.74, 6) is 2.98. The molecule has 4 aliphatic rings. The van der Waals surface area contributed by atoms with Gasteiger partial charge in [0.15, 0.2) is 0 Å². The van der Waals surface area contributed by atoms with Gasteiger partial charge < -0.3 is 10.4 Å². The predicted octanol–water partition coefficient (Wildman–Crippen LogP) is 1.61. The Labute approximate surface area is 120 Å². The van der Waals surface area contributed by atoms with Gasteiger partial charge in [0.2, 0.25) is 0 Å². The van der Waals surface area contributed by atoms with E-state index in [-0.39, 0.29) is 0 Å². The van der Waals surface area contributed by atoms with Crippen LogP contribution in [0.25, 0.3) is 0 Å². The van der Waals surface area contributed by atoms with Gasteiger partial charge in [0, 0.05) is 18.6 Å². The summed E-state index contributed by atoms with van der Waals surface area (Å²) in [5, 5.41) is 16.2. The molecule has 0 aromatic carbocycles. The van der Waals surface area contributed by atoms with Crippen molar-refractivity contribution in [3.63, 3.8) is 0 Å². The van der Waals surface area contributed by atoms with Crippen molar-refractivity contribution in [3.05, 3.63) is 0 Å². The van der Waals surface area contributed by atoms with Crippen LogP contribution in [0.3, 0.4) is 0 Å². The van der Waals surface area contributed by atoms with Crippen molar-refractivity contribution in [2.45, 2.75) is 63.1 Å². The Morgan fingerprint density at radius 3 is 2.65 bits per heavy atom. The number of carboxylic acid groups (broad SMARTS) is 1. The number of piperazine rings is 1. The van der Waals surface area contributed by atoms with E-state index in [0.717, 1.165) is 30.1 Å². The van der Waals surface area contributed by atoms with Gasteiger partial charge >= 0.3 is 5.97 Å². The molecule has 0 spiro atoms. The molecule has 4 heteroatoms. The highest BCUT2D eigenvalue weighted by atomic mass is 16.4. The first-order chi connectivity index (χ1) is 9.74. The largest absolute Gasteiger partial charge is 0.480 e. The van der Waals surface area contributed by atoms with E-state index in [1.54, 1.807) is 0 Å². The van der Waals surface area contributed by atoms with Gasteiger partial charge in [-0.2, -0.15) is 0 Å². The molecule has 112 valence electrons. The number of nitrogens with one attached hydrogen (secondary N) is 2. The van der Waals surface area contributed by atoms with Gasteiger partial charge in [-0.15, -0.1) is 0 Å². The molecule has 7 unspecified atom stereocenters. The summed E-state index contributed by atoms with van der Waals surface area (Å²) in [6.45, 7) is 0.591. The minimum atomic E-state index is -0.711. The number of hydrogen-bond acceptors (Lipinski definition) is 3. The van der Waals surface area contributed by atoms with Crippen LogP contribution in [0.4, 0.5) is 0 Å².